The number of hydrogen-bond acceptors (Lipinski definition) is 0. The summed E-state index contributed by atoms with van der Waals surface area (Å²) in [6.07, 6.45) is 0. The molecule has 0 amide bonds. The average molecular weight is 184 g/mol. The van der Waals surface area contributed by atoms with E-state index < -0.39 is 0 Å². The maximum absolute atomic E-state index is 0. The minimum atomic E-state index is 0. The van der Waals surface area contributed by atoms with Crippen molar-refractivity contribution in [2.45, 2.75) is 0 Å². The number of hydrogen-bond donors (Lipinski definition) is 0. The smallest absolute Gasteiger partial charge is 3.00 e. The molecule has 0 spiro atoms. The standard InChI is InChI=1S/Al.Ga.3N.Sc/q2*+3;3*-3;+3. The average Bonchev–Trinajstić information content (AvgIpc) is 0. The van der Waals surface area contributed by atoms with Gasteiger partial charge in [0.2, 0.25) is 0 Å². The van der Waals surface area contributed by atoms with Crippen LogP contribution in [0.25, 0.3) is 18.5 Å². The van der Waals surface area contributed by atoms with E-state index in [1.54, 1.807) is 0 Å². The molecule has 3 nitrogen and oxygen atoms in total. The molecule has 0 aliphatic rings. The summed E-state index contributed by atoms with van der Waals surface area (Å²) in [6.45, 7) is 0. The van der Waals surface area contributed by atoms with Gasteiger partial charge in [-0.3, -0.25) is 0 Å². The molecule has 0 atom stereocenters. The van der Waals surface area contributed by atoms with Crippen LogP contribution in [0.5, 0.6) is 0 Å². The molecule has 0 radical (unpaired) electrons. The Hall–Kier alpha value is 1.92. The van der Waals surface area contributed by atoms with Gasteiger partial charge in [-0.15, -0.1) is 0 Å². The zero-order valence-electron chi connectivity index (χ0n) is 3.07. The van der Waals surface area contributed by atoms with Crippen LogP contribution < -0.4 is 0 Å². The minimum absolute atomic E-state index is 0. The van der Waals surface area contributed by atoms with Gasteiger partial charge < -0.3 is 18.5 Å². The third-order valence-corrected chi connectivity index (χ3v) is 0. The van der Waals surface area contributed by atoms with E-state index in [-0.39, 0.29) is 81.4 Å². The van der Waals surface area contributed by atoms with Crippen LogP contribution in [-0.2, 0) is 25.8 Å². The van der Waals surface area contributed by atoms with Crippen molar-refractivity contribution in [3.63, 3.8) is 0 Å². The van der Waals surface area contributed by atoms with Crippen LogP contribution in [0.1, 0.15) is 0 Å². The van der Waals surface area contributed by atoms with Crippen LogP contribution in [0.4, 0.5) is 0 Å². The van der Waals surface area contributed by atoms with Crippen molar-refractivity contribution in [1.82, 2.24) is 0 Å². The summed E-state index contributed by atoms with van der Waals surface area (Å²) in [6, 6.07) is 0. The fraction of sp³-hybridized carbons (Fsp3) is 0. The maximum atomic E-state index is 0. The van der Waals surface area contributed by atoms with Crippen molar-refractivity contribution in [2.24, 2.45) is 0 Å². The Kier molecular flexibility index (Phi) is 1130. The van der Waals surface area contributed by atoms with Crippen LogP contribution in [0.15, 0.2) is 0 Å². The molecule has 24 valence electrons. The summed E-state index contributed by atoms with van der Waals surface area (Å²) in [7, 11) is 0. The van der Waals surface area contributed by atoms with E-state index in [0.717, 1.165) is 0 Å². The van der Waals surface area contributed by atoms with Crippen molar-refractivity contribution < 1.29 is 25.8 Å². The first-order chi connectivity index (χ1) is 0. The molecule has 0 aliphatic heterocycles. The fourth-order valence-corrected chi connectivity index (χ4v) is 0. The quantitative estimate of drug-likeness (QED) is 0.477. The summed E-state index contributed by atoms with van der Waals surface area (Å²) in [5, 5.41) is 0. The predicted octanol–water partition coefficient (Wildman–Crippen LogP) is 0.102. The van der Waals surface area contributed by atoms with Gasteiger partial charge in [-0.05, 0) is 0 Å². The molecule has 6 heavy (non-hydrogen) atoms. The van der Waals surface area contributed by atoms with E-state index >= 15 is 0 Å². The van der Waals surface area contributed by atoms with Gasteiger partial charge in [0.05, 0.1) is 0 Å². The van der Waals surface area contributed by atoms with Crippen LogP contribution in [0, 0.1) is 0 Å². The molecular formula is AlGaN3Sc. The van der Waals surface area contributed by atoms with Gasteiger partial charge >= 0.3 is 63.0 Å². The minimum Gasteiger partial charge on any atom is -3.00 e. The Labute approximate surface area is 80.7 Å². The van der Waals surface area contributed by atoms with Gasteiger partial charge in [0.25, 0.3) is 0 Å². The second-order valence-electron chi connectivity index (χ2n) is 0. The topological polar surface area (TPSA) is 91.5 Å². The van der Waals surface area contributed by atoms with Crippen molar-refractivity contribution in [3.05, 3.63) is 18.5 Å². The molecule has 0 aromatic carbocycles. The van der Waals surface area contributed by atoms with E-state index in [4.69, 9.17) is 0 Å². The van der Waals surface area contributed by atoms with Crippen LogP contribution in [0.2, 0.25) is 0 Å². The number of rotatable bonds is 0. The third-order valence-electron chi connectivity index (χ3n) is 0. The van der Waals surface area contributed by atoms with Crippen molar-refractivity contribution in [3.8, 4) is 0 Å². The van der Waals surface area contributed by atoms with Gasteiger partial charge in [0.15, 0.2) is 0 Å². The van der Waals surface area contributed by atoms with Gasteiger partial charge in [-0.2, -0.15) is 0 Å². The van der Waals surface area contributed by atoms with Crippen LogP contribution >= 0.6 is 0 Å². The normalized spacial score (nSPS) is 0. The van der Waals surface area contributed by atoms with E-state index in [2.05, 4.69) is 0 Å². The van der Waals surface area contributed by atoms with Crippen molar-refractivity contribution in [1.29, 1.82) is 0 Å². The SMILES string of the molecule is [Al+3].[Ga+3].[N-3].[N-3].[N-3].[Sc+3]. The Morgan fingerprint density at radius 3 is 0.667 bits per heavy atom. The Morgan fingerprint density at radius 2 is 0.667 bits per heavy atom. The summed E-state index contributed by atoms with van der Waals surface area (Å²) in [5.41, 5.74) is 0. The van der Waals surface area contributed by atoms with Crippen LogP contribution in [-0.4, -0.2) is 37.2 Å². The van der Waals surface area contributed by atoms with Crippen LogP contribution in [0.3, 0.4) is 0 Å². The predicted molar refractivity (Wildman–Crippen MR) is 21.6 cm³/mol. The zero-order chi connectivity index (χ0) is 0. The van der Waals surface area contributed by atoms with Gasteiger partial charge in [0, 0.05) is 0 Å². The first kappa shape index (κ1) is 103. The maximum Gasteiger partial charge on any atom is 3.00 e. The van der Waals surface area contributed by atoms with Gasteiger partial charge in [-0.25, -0.2) is 0 Å². The monoisotopic (exact) mass is 183 g/mol. The summed E-state index contributed by atoms with van der Waals surface area (Å²) < 4.78 is 0. The first-order valence-corrected chi connectivity index (χ1v) is 0. The van der Waals surface area contributed by atoms with Crippen molar-refractivity contribution >= 4 is 37.2 Å². The molecular weight excluding hydrogens is 184 g/mol. The zero-order valence-corrected chi connectivity index (χ0v) is 8.45. The van der Waals surface area contributed by atoms with Gasteiger partial charge in [0.1, 0.15) is 0 Å². The largest absolute Gasteiger partial charge is 3.00 e. The Balaban J connectivity index is 0. The van der Waals surface area contributed by atoms with E-state index in [1.807, 2.05) is 0 Å². The Bertz CT molecular complexity index is 10.8. The second-order valence-corrected chi connectivity index (χ2v) is 0. The van der Waals surface area contributed by atoms with E-state index in [0.29, 0.717) is 0 Å². The molecule has 0 saturated heterocycles. The molecule has 0 fully saturated rings. The van der Waals surface area contributed by atoms with E-state index in [9.17, 15) is 0 Å². The molecule has 0 rings (SSSR count). The number of nitrogens with zero attached hydrogens (tertiary/aromatic N) is 3. The Morgan fingerprint density at radius 1 is 0.667 bits per heavy atom. The molecule has 0 unspecified atom stereocenters. The summed E-state index contributed by atoms with van der Waals surface area (Å²) in [5.74, 6) is 0. The second kappa shape index (κ2) is 65.8. The fourth-order valence-electron chi connectivity index (χ4n) is 0. The molecule has 0 aromatic rings. The summed E-state index contributed by atoms with van der Waals surface area (Å²) >= 11 is 0. The van der Waals surface area contributed by atoms with E-state index in [1.165, 1.54) is 0 Å². The third kappa shape index (κ3) is 38.9. The molecule has 0 bridgehead atoms. The molecule has 0 N–H and O–H groups in total. The molecule has 0 heterocycles. The molecule has 6 heteroatoms. The molecule has 0 aliphatic carbocycles. The van der Waals surface area contributed by atoms with Crippen molar-refractivity contribution in [2.75, 3.05) is 0 Å². The molecule has 0 aromatic heterocycles. The van der Waals surface area contributed by atoms with Gasteiger partial charge in [-0.1, -0.05) is 0 Å². The summed E-state index contributed by atoms with van der Waals surface area (Å²) in [4.78, 5) is 0. The molecule has 0 saturated carbocycles. The first-order valence-electron chi connectivity index (χ1n) is 0.